The molecule has 4 amide bonds. The molecule has 0 aliphatic rings. The van der Waals surface area contributed by atoms with E-state index < -0.39 is 60.1 Å². The Morgan fingerprint density at radius 1 is 0.740 bits per heavy atom. The first-order valence-corrected chi connectivity index (χ1v) is 16.9. The van der Waals surface area contributed by atoms with Crippen LogP contribution in [-0.4, -0.2) is 102 Å². The Hall–Kier alpha value is -4.62. The van der Waals surface area contributed by atoms with Crippen molar-refractivity contribution in [1.29, 1.82) is 0 Å². The first-order chi connectivity index (χ1) is 23.5. The van der Waals surface area contributed by atoms with Gasteiger partial charge in [0.1, 0.15) is 11.8 Å². The summed E-state index contributed by atoms with van der Waals surface area (Å²) in [6.07, 6.45) is 1.51. The Balaban J connectivity index is 2.27. The van der Waals surface area contributed by atoms with Gasteiger partial charge in [0, 0.05) is 31.6 Å². The molecule has 0 radical (unpaired) electrons. The van der Waals surface area contributed by atoms with E-state index in [0.717, 1.165) is 18.5 Å². The molecule has 0 heterocycles. The maximum absolute atomic E-state index is 13.9. The number of aromatic hydroxyl groups is 1. The van der Waals surface area contributed by atoms with Crippen LogP contribution in [0.5, 0.6) is 5.75 Å². The lowest BCUT2D eigenvalue weighted by Crippen LogP contribution is -2.50. The predicted molar refractivity (Wildman–Crippen MR) is 188 cm³/mol. The standard InChI is InChI=1S/C37H53N5O8/c1-24(19-33(46)30(39-25(2)44)20-26-11-7-6-8-12-26)36(49)40-31(21-27-14-16-29(45)17-15-27)34(47)22-28(13-9-10-18-42(3,4)5)37(50)41-32(23-43)35(38)48/h6-8,11-12,14-17,24,28,30-32,43H,9-10,13,18-23H2,1-5H3,(H5-,38,39,40,41,44,45,48,49,50)/p+1/t24?,28?,30-,31-,32-/m0/s1. The lowest BCUT2D eigenvalue weighted by atomic mass is 9.89. The number of benzene rings is 2. The summed E-state index contributed by atoms with van der Waals surface area (Å²) in [5, 5.41) is 27.2. The van der Waals surface area contributed by atoms with E-state index in [9.17, 15) is 39.0 Å². The van der Waals surface area contributed by atoms with Gasteiger partial charge >= 0.3 is 0 Å². The van der Waals surface area contributed by atoms with Crippen molar-refractivity contribution in [3.8, 4) is 5.75 Å². The van der Waals surface area contributed by atoms with Crippen molar-refractivity contribution < 1.29 is 43.5 Å². The zero-order valence-corrected chi connectivity index (χ0v) is 29.8. The number of nitrogens with one attached hydrogen (secondary N) is 3. The third-order valence-electron chi connectivity index (χ3n) is 8.38. The van der Waals surface area contributed by atoms with Crippen molar-refractivity contribution in [3.05, 3.63) is 65.7 Å². The van der Waals surface area contributed by atoms with Crippen molar-refractivity contribution in [2.24, 2.45) is 17.6 Å². The number of Topliss-reactive ketones (excluding diaryl/α,β-unsaturated/α-hetero) is 2. The number of rotatable bonds is 22. The predicted octanol–water partition coefficient (Wildman–Crippen LogP) is 1.18. The van der Waals surface area contributed by atoms with Crippen LogP contribution in [0, 0.1) is 11.8 Å². The number of aliphatic hydroxyl groups is 1. The summed E-state index contributed by atoms with van der Waals surface area (Å²) in [4.78, 5) is 77.7. The number of carbonyl (C=O) groups is 6. The van der Waals surface area contributed by atoms with Crippen LogP contribution in [0.4, 0.5) is 0 Å². The summed E-state index contributed by atoms with van der Waals surface area (Å²) < 4.78 is 0.712. The second kappa shape index (κ2) is 20.1. The summed E-state index contributed by atoms with van der Waals surface area (Å²) in [7, 11) is 6.13. The summed E-state index contributed by atoms with van der Waals surface area (Å²) >= 11 is 0. The third-order valence-corrected chi connectivity index (χ3v) is 8.38. The number of nitrogens with two attached hydrogens (primary N) is 1. The quantitative estimate of drug-likeness (QED) is 0.0777. The summed E-state index contributed by atoms with van der Waals surface area (Å²) in [5.74, 6) is -4.97. The van der Waals surface area contributed by atoms with Gasteiger partial charge in [0.2, 0.25) is 23.6 Å². The van der Waals surface area contributed by atoms with E-state index in [1.807, 2.05) is 51.5 Å². The van der Waals surface area contributed by atoms with Crippen LogP contribution in [0.25, 0.3) is 0 Å². The fraction of sp³-hybridized carbons (Fsp3) is 0.514. The molecule has 2 rings (SSSR count). The summed E-state index contributed by atoms with van der Waals surface area (Å²) in [6, 6.07) is 12.1. The second-order valence-electron chi connectivity index (χ2n) is 14.0. The van der Waals surface area contributed by atoms with Gasteiger partial charge in [0.25, 0.3) is 0 Å². The molecule has 0 saturated carbocycles. The molecule has 13 nitrogen and oxygen atoms in total. The number of hydrogen-bond donors (Lipinski definition) is 6. The highest BCUT2D eigenvalue weighted by Gasteiger charge is 2.32. The number of unbranched alkanes of at least 4 members (excludes halogenated alkanes) is 1. The highest BCUT2D eigenvalue weighted by Crippen LogP contribution is 2.19. The number of phenolic OH excluding ortho intramolecular Hbond substituents is 1. The van der Waals surface area contributed by atoms with E-state index in [2.05, 4.69) is 16.0 Å². The minimum absolute atomic E-state index is 0.0236. The number of amides is 4. The van der Waals surface area contributed by atoms with Crippen molar-refractivity contribution in [3.63, 3.8) is 0 Å². The lowest BCUT2D eigenvalue weighted by molar-refractivity contribution is -0.870. The Morgan fingerprint density at radius 2 is 1.28 bits per heavy atom. The van der Waals surface area contributed by atoms with Crippen molar-refractivity contribution in [1.82, 2.24) is 16.0 Å². The lowest BCUT2D eigenvalue weighted by Gasteiger charge is -2.25. The Bertz CT molecular complexity index is 1440. The van der Waals surface area contributed by atoms with Crippen LogP contribution >= 0.6 is 0 Å². The number of ketones is 2. The molecular weight excluding hydrogens is 642 g/mol. The van der Waals surface area contributed by atoms with Crippen LogP contribution in [-0.2, 0) is 41.6 Å². The van der Waals surface area contributed by atoms with E-state index in [-0.39, 0.29) is 43.1 Å². The fourth-order valence-electron chi connectivity index (χ4n) is 5.49. The second-order valence-corrected chi connectivity index (χ2v) is 14.0. The van der Waals surface area contributed by atoms with Gasteiger partial charge in [-0.15, -0.1) is 0 Å². The van der Waals surface area contributed by atoms with E-state index in [1.54, 1.807) is 19.1 Å². The molecule has 0 aromatic heterocycles. The number of hydrogen-bond acceptors (Lipinski definition) is 8. The van der Waals surface area contributed by atoms with Gasteiger partial charge < -0.3 is 36.4 Å². The minimum atomic E-state index is -1.32. The monoisotopic (exact) mass is 696 g/mol. The molecule has 5 atom stereocenters. The Labute approximate surface area is 294 Å². The van der Waals surface area contributed by atoms with Crippen LogP contribution in [0.15, 0.2) is 54.6 Å². The molecule has 2 aromatic rings. The molecule has 2 aromatic carbocycles. The van der Waals surface area contributed by atoms with Gasteiger partial charge in [-0.25, -0.2) is 0 Å². The van der Waals surface area contributed by atoms with Gasteiger partial charge in [-0.1, -0.05) is 49.4 Å². The number of nitrogens with zero attached hydrogens (tertiary/aromatic N) is 1. The Morgan fingerprint density at radius 3 is 1.82 bits per heavy atom. The van der Waals surface area contributed by atoms with E-state index in [0.29, 0.717) is 22.9 Å². The van der Waals surface area contributed by atoms with Crippen molar-refractivity contribution >= 4 is 35.2 Å². The zero-order chi connectivity index (χ0) is 37.4. The Kier molecular flexibility index (Phi) is 16.7. The van der Waals surface area contributed by atoms with Crippen LogP contribution < -0.4 is 21.7 Å². The van der Waals surface area contributed by atoms with E-state index >= 15 is 0 Å². The smallest absolute Gasteiger partial charge is 0.242 e. The number of carbonyl (C=O) groups excluding carboxylic acids is 6. The summed E-state index contributed by atoms with van der Waals surface area (Å²) in [5.41, 5.74) is 6.79. The molecule has 0 spiro atoms. The maximum Gasteiger partial charge on any atom is 0.242 e. The van der Waals surface area contributed by atoms with Gasteiger partial charge in [-0.05, 0) is 55.4 Å². The number of phenols is 1. The van der Waals surface area contributed by atoms with Crippen molar-refractivity contribution in [2.45, 2.75) is 76.9 Å². The normalized spacial score (nSPS) is 14.4. The van der Waals surface area contributed by atoms with E-state index in [4.69, 9.17) is 5.73 Å². The van der Waals surface area contributed by atoms with Crippen LogP contribution in [0.1, 0.15) is 57.1 Å². The molecule has 0 bridgehead atoms. The first-order valence-electron chi connectivity index (χ1n) is 16.9. The average molecular weight is 697 g/mol. The van der Waals surface area contributed by atoms with Gasteiger partial charge in [-0.2, -0.15) is 0 Å². The SMILES string of the molecule is CC(=O)N[C@@H](Cc1ccccc1)C(=O)CC(C)C(=O)N[C@@H](Cc1ccc(O)cc1)C(=O)CC(CCCC[N+](C)(C)C)C(=O)N[C@@H](CO)C(N)=O. The van der Waals surface area contributed by atoms with Gasteiger partial charge in [-0.3, -0.25) is 28.8 Å². The molecular formula is C37H54N5O8+. The number of quaternary nitrogens is 1. The molecule has 13 heteroatoms. The first kappa shape index (κ1) is 41.6. The molecule has 0 saturated heterocycles. The number of primary amides is 1. The van der Waals surface area contributed by atoms with Crippen molar-refractivity contribution in [2.75, 3.05) is 34.3 Å². The largest absolute Gasteiger partial charge is 0.508 e. The molecule has 7 N–H and O–H groups in total. The summed E-state index contributed by atoms with van der Waals surface area (Å²) in [6.45, 7) is 3.00. The average Bonchev–Trinajstić information content (AvgIpc) is 3.04. The van der Waals surface area contributed by atoms with Crippen LogP contribution in [0.2, 0.25) is 0 Å². The molecule has 0 aliphatic carbocycles. The number of aliphatic hydroxyl groups excluding tert-OH is 1. The van der Waals surface area contributed by atoms with Gasteiger partial charge in [0.15, 0.2) is 11.6 Å². The van der Waals surface area contributed by atoms with Gasteiger partial charge in [0.05, 0.1) is 46.4 Å². The highest BCUT2D eigenvalue weighted by atomic mass is 16.3. The third kappa shape index (κ3) is 15.3. The molecule has 274 valence electrons. The fourth-order valence-corrected chi connectivity index (χ4v) is 5.49. The molecule has 0 fully saturated rings. The molecule has 2 unspecified atom stereocenters. The topological polar surface area (TPSA) is 205 Å². The highest BCUT2D eigenvalue weighted by molar-refractivity contribution is 5.96. The van der Waals surface area contributed by atoms with Crippen LogP contribution in [0.3, 0.4) is 0 Å². The minimum Gasteiger partial charge on any atom is -0.508 e. The van der Waals surface area contributed by atoms with E-state index in [1.165, 1.54) is 19.1 Å². The zero-order valence-electron chi connectivity index (χ0n) is 29.8. The molecule has 0 aliphatic heterocycles. The maximum atomic E-state index is 13.9. The molecule has 50 heavy (non-hydrogen) atoms.